The summed E-state index contributed by atoms with van der Waals surface area (Å²) < 4.78 is 5.73. The summed E-state index contributed by atoms with van der Waals surface area (Å²) in [5.41, 5.74) is 5.65. The second-order valence-electron chi connectivity index (χ2n) is 7.85. The summed E-state index contributed by atoms with van der Waals surface area (Å²) in [7, 11) is 0. The van der Waals surface area contributed by atoms with Crippen LogP contribution in [0.3, 0.4) is 0 Å². The van der Waals surface area contributed by atoms with Gasteiger partial charge in [0.25, 0.3) is 5.91 Å². The standard InChI is InChI=1S/C23H25N3O2/c1-16(18-3-2-17-6-11-28-22(17)13-18)25-7-9-26(10-8-25)23(27)19-4-5-20-14-24-15-21(20)12-19/h2-5,12-13,15-16H,6-11,14H2,1H3. The summed E-state index contributed by atoms with van der Waals surface area (Å²) in [4.78, 5) is 21.6. The van der Waals surface area contributed by atoms with Crippen LogP contribution in [0.4, 0.5) is 0 Å². The lowest BCUT2D eigenvalue weighted by Crippen LogP contribution is -2.49. The molecule has 3 aliphatic rings. The Hall–Kier alpha value is -2.66. The fourth-order valence-corrected chi connectivity index (χ4v) is 4.38. The maximum Gasteiger partial charge on any atom is 0.253 e. The van der Waals surface area contributed by atoms with Crippen LogP contribution in [0.2, 0.25) is 0 Å². The summed E-state index contributed by atoms with van der Waals surface area (Å²) in [5, 5.41) is 0. The van der Waals surface area contributed by atoms with E-state index in [1.165, 1.54) is 16.7 Å². The third-order valence-electron chi connectivity index (χ3n) is 6.24. The first-order valence-corrected chi connectivity index (χ1v) is 10.1. The minimum Gasteiger partial charge on any atom is -0.493 e. The minimum atomic E-state index is 0.126. The van der Waals surface area contributed by atoms with Crippen molar-refractivity contribution in [2.24, 2.45) is 4.99 Å². The highest BCUT2D eigenvalue weighted by atomic mass is 16.5. The van der Waals surface area contributed by atoms with Crippen LogP contribution >= 0.6 is 0 Å². The molecule has 0 aliphatic carbocycles. The molecule has 1 amide bonds. The molecule has 0 aromatic heterocycles. The number of piperazine rings is 1. The zero-order chi connectivity index (χ0) is 19.1. The maximum absolute atomic E-state index is 12.9. The molecule has 2 aromatic rings. The number of carbonyl (C=O) groups is 1. The molecule has 28 heavy (non-hydrogen) atoms. The SMILES string of the molecule is CC(c1ccc2c(c1)OCC2)N1CCN(C(=O)c2ccc3c(c2)C=NC3)CC1. The molecule has 5 rings (SSSR count). The molecule has 144 valence electrons. The molecule has 3 heterocycles. The first-order valence-electron chi connectivity index (χ1n) is 10.1. The first-order chi connectivity index (χ1) is 13.7. The van der Waals surface area contributed by atoms with Crippen LogP contribution in [0.15, 0.2) is 41.4 Å². The van der Waals surface area contributed by atoms with E-state index < -0.39 is 0 Å². The smallest absolute Gasteiger partial charge is 0.253 e. The average Bonchev–Trinajstić information content (AvgIpc) is 3.40. The van der Waals surface area contributed by atoms with Gasteiger partial charge >= 0.3 is 0 Å². The number of amides is 1. The van der Waals surface area contributed by atoms with Crippen molar-refractivity contribution in [3.05, 3.63) is 64.2 Å². The van der Waals surface area contributed by atoms with Crippen LogP contribution in [-0.4, -0.2) is 54.7 Å². The number of aliphatic imine (C=N–C) groups is 1. The number of carbonyl (C=O) groups excluding carboxylic acids is 1. The van der Waals surface area contributed by atoms with Gasteiger partial charge in [-0.05, 0) is 47.4 Å². The number of fused-ring (bicyclic) bond motifs is 2. The Morgan fingerprint density at radius 2 is 1.89 bits per heavy atom. The van der Waals surface area contributed by atoms with Gasteiger partial charge in [-0.2, -0.15) is 0 Å². The molecule has 0 N–H and O–H groups in total. The third kappa shape index (κ3) is 3.10. The van der Waals surface area contributed by atoms with E-state index in [4.69, 9.17) is 4.74 Å². The Balaban J connectivity index is 1.23. The van der Waals surface area contributed by atoms with Gasteiger partial charge in [-0.25, -0.2) is 0 Å². The van der Waals surface area contributed by atoms with Crippen molar-refractivity contribution >= 4 is 12.1 Å². The van der Waals surface area contributed by atoms with Crippen molar-refractivity contribution in [1.29, 1.82) is 0 Å². The van der Waals surface area contributed by atoms with Crippen molar-refractivity contribution in [3.63, 3.8) is 0 Å². The van der Waals surface area contributed by atoms with Gasteiger partial charge in [-0.1, -0.05) is 18.2 Å². The van der Waals surface area contributed by atoms with Gasteiger partial charge in [-0.15, -0.1) is 0 Å². The van der Waals surface area contributed by atoms with Crippen molar-refractivity contribution in [3.8, 4) is 5.75 Å². The van der Waals surface area contributed by atoms with Gasteiger partial charge in [0.1, 0.15) is 5.75 Å². The highest BCUT2D eigenvalue weighted by molar-refractivity contribution is 5.97. The third-order valence-corrected chi connectivity index (χ3v) is 6.24. The zero-order valence-corrected chi connectivity index (χ0v) is 16.2. The Labute approximate surface area is 165 Å². The lowest BCUT2D eigenvalue weighted by Gasteiger charge is -2.38. The van der Waals surface area contributed by atoms with Crippen molar-refractivity contribution < 1.29 is 9.53 Å². The van der Waals surface area contributed by atoms with Crippen LogP contribution < -0.4 is 4.74 Å². The number of hydrogen-bond acceptors (Lipinski definition) is 4. The number of ether oxygens (including phenoxy) is 1. The van der Waals surface area contributed by atoms with Crippen molar-refractivity contribution in [2.75, 3.05) is 32.8 Å². The van der Waals surface area contributed by atoms with Crippen LogP contribution in [-0.2, 0) is 13.0 Å². The highest BCUT2D eigenvalue weighted by Gasteiger charge is 2.26. The number of benzene rings is 2. The molecule has 1 fully saturated rings. The molecule has 5 nitrogen and oxygen atoms in total. The van der Waals surface area contributed by atoms with E-state index in [2.05, 4.69) is 35.0 Å². The maximum atomic E-state index is 12.9. The molecule has 1 saturated heterocycles. The Morgan fingerprint density at radius 3 is 2.75 bits per heavy atom. The summed E-state index contributed by atoms with van der Waals surface area (Å²) in [6, 6.07) is 12.9. The van der Waals surface area contributed by atoms with E-state index in [9.17, 15) is 4.79 Å². The monoisotopic (exact) mass is 375 g/mol. The fraction of sp³-hybridized carbons (Fsp3) is 0.391. The fourth-order valence-electron chi connectivity index (χ4n) is 4.38. The first kappa shape index (κ1) is 17.4. The molecule has 1 atom stereocenters. The topological polar surface area (TPSA) is 45.1 Å². The second-order valence-corrected chi connectivity index (χ2v) is 7.85. The zero-order valence-electron chi connectivity index (χ0n) is 16.2. The van der Waals surface area contributed by atoms with Gasteiger partial charge in [-0.3, -0.25) is 14.7 Å². The molecule has 2 aromatic carbocycles. The molecule has 3 aliphatic heterocycles. The van der Waals surface area contributed by atoms with Crippen LogP contribution in [0.25, 0.3) is 0 Å². The summed E-state index contributed by atoms with van der Waals surface area (Å²) >= 11 is 0. The van der Waals surface area contributed by atoms with Crippen LogP contribution in [0, 0.1) is 0 Å². The summed E-state index contributed by atoms with van der Waals surface area (Å²) in [6.07, 6.45) is 2.88. The largest absolute Gasteiger partial charge is 0.493 e. The number of hydrogen-bond donors (Lipinski definition) is 0. The van der Waals surface area contributed by atoms with Crippen LogP contribution in [0.1, 0.15) is 45.6 Å². The molecule has 0 saturated carbocycles. The lowest BCUT2D eigenvalue weighted by molar-refractivity contribution is 0.0582. The Bertz CT molecular complexity index is 945. The summed E-state index contributed by atoms with van der Waals surface area (Å²) in [6.45, 7) is 7.06. The quantitative estimate of drug-likeness (QED) is 0.828. The minimum absolute atomic E-state index is 0.126. The molecule has 5 heteroatoms. The van der Waals surface area contributed by atoms with E-state index in [-0.39, 0.29) is 5.91 Å². The second kappa shape index (κ2) is 7.06. The van der Waals surface area contributed by atoms with Crippen molar-refractivity contribution in [1.82, 2.24) is 9.80 Å². The van der Waals surface area contributed by atoms with Gasteiger partial charge in [0.2, 0.25) is 0 Å². The van der Waals surface area contributed by atoms with Gasteiger partial charge in [0.05, 0.1) is 13.2 Å². The predicted octanol–water partition coefficient (Wildman–Crippen LogP) is 3.07. The normalized spacial score (nSPS) is 19.2. The van der Waals surface area contributed by atoms with Gasteiger partial charge < -0.3 is 9.64 Å². The molecular weight excluding hydrogens is 350 g/mol. The van der Waals surface area contributed by atoms with E-state index in [1.807, 2.05) is 29.3 Å². The molecular formula is C23H25N3O2. The molecule has 0 spiro atoms. The Morgan fingerprint density at radius 1 is 1.07 bits per heavy atom. The molecule has 1 unspecified atom stereocenters. The van der Waals surface area contributed by atoms with E-state index in [1.54, 1.807) is 0 Å². The predicted molar refractivity (Wildman–Crippen MR) is 109 cm³/mol. The lowest BCUT2D eigenvalue weighted by atomic mass is 10.0. The highest BCUT2D eigenvalue weighted by Crippen LogP contribution is 2.31. The Kier molecular flexibility index (Phi) is 4.40. The number of nitrogens with zero attached hydrogens (tertiary/aromatic N) is 3. The van der Waals surface area contributed by atoms with Crippen LogP contribution in [0.5, 0.6) is 5.75 Å². The van der Waals surface area contributed by atoms with Crippen molar-refractivity contribution in [2.45, 2.75) is 25.9 Å². The summed E-state index contributed by atoms with van der Waals surface area (Å²) in [5.74, 6) is 1.17. The van der Waals surface area contributed by atoms with E-state index in [0.717, 1.165) is 62.6 Å². The van der Waals surface area contributed by atoms with E-state index >= 15 is 0 Å². The van der Waals surface area contributed by atoms with Gasteiger partial charge in [0.15, 0.2) is 0 Å². The molecule has 0 bridgehead atoms. The number of rotatable bonds is 3. The average molecular weight is 375 g/mol. The molecule has 0 radical (unpaired) electrons. The van der Waals surface area contributed by atoms with Gasteiger partial charge in [0, 0.05) is 50.4 Å². The van der Waals surface area contributed by atoms with E-state index in [0.29, 0.717) is 6.04 Å².